The number of Topliss-reactive ketones (excluding diaryl/α,β-unsaturated/α-hetero) is 1. The molecular formula is C26H30N4O5. The van der Waals surface area contributed by atoms with Crippen LogP contribution in [0.3, 0.4) is 0 Å². The second kappa shape index (κ2) is 9.79. The van der Waals surface area contributed by atoms with Crippen molar-refractivity contribution in [1.29, 1.82) is 0 Å². The van der Waals surface area contributed by atoms with Gasteiger partial charge in [-0.1, -0.05) is 18.2 Å². The average molecular weight is 479 g/mol. The molecule has 1 saturated heterocycles. The van der Waals surface area contributed by atoms with Crippen LogP contribution in [0.15, 0.2) is 58.7 Å². The summed E-state index contributed by atoms with van der Waals surface area (Å²) in [4.78, 5) is 32.8. The largest absolute Gasteiger partial charge is 0.497 e. The van der Waals surface area contributed by atoms with Crippen LogP contribution in [0.25, 0.3) is 0 Å². The Morgan fingerprint density at radius 1 is 1.14 bits per heavy atom. The van der Waals surface area contributed by atoms with E-state index in [0.29, 0.717) is 35.0 Å². The summed E-state index contributed by atoms with van der Waals surface area (Å²) in [6.07, 6.45) is 0.581. The zero-order valence-corrected chi connectivity index (χ0v) is 20.6. The molecule has 1 atom stereocenters. The number of hydrogen-bond acceptors (Lipinski definition) is 7. The average Bonchev–Trinajstić information content (AvgIpc) is 3.39. The summed E-state index contributed by atoms with van der Waals surface area (Å²) in [5.74, 6) is 1.19. The minimum atomic E-state index is -1.16. The van der Waals surface area contributed by atoms with Gasteiger partial charge in [-0.05, 0) is 18.6 Å². The van der Waals surface area contributed by atoms with E-state index in [1.54, 1.807) is 34.3 Å². The number of ketones is 1. The van der Waals surface area contributed by atoms with E-state index < -0.39 is 5.54 Å². The molecule has 2 N–H and O–H groups in total. The SMILES string of the molecule is CN=C1C(=C2Cc3ccccc3N2)C(=O)[C@](C)(CNC(=O)COC)N1c1cc(OC)cc(OC)c1. The number of amidine groups is 1. The van der Waals surface area contributed by atoms with Crippen molar-refractivity contribution in [1.82, 2.24) is 5.32 Å². The lowest BCUT2D eigenvalue weighted by Crippen LogP contribution is -2.55. The number of para-hydroxylation sites is 1. The Morgan fingerprint density at radius 2 is 1.83 bits per heavy atom. The fraction of sp³-hybridized carbons (Fsp3) is 0.346. The summed E-state index contributed by atoms with van der Waals surface area (Å²) in [7, 11) is 6.25. The van der Waals surface area contributed by atoms with Gasteiger partial charge in [-0.25, -0.2) is 0 Å². The minimum absolute atomic E-state index is 0.0519. The molecule has 0 aliphatic carbocycles. The van der Waals surface area contributed by atoms with Crippen LogP contribution < -0.4 is 25.0 Å². The number of carbonyl (C=O) groups is 2. The first kappa shape index (κ1) is 24.3. The molecule has 0 bridgehead atoms. The molecule has 2 aliphatic heterocycles. The van der Waals surface area contributed by atoms with Crippen molar-refractivity contribution in [3.05, 3.63) is 59.3 Å². The molecule has 1 fully saturated rings. The number of ether oxygens (including phenoxy) is 3. The Kier molecular flexibility index (Phi) is 6.79. The van der Waals surface area contributed by atoms with Crippen molar-refractivity contribution in [2.75, 3.05) is 51.7 Å². The zero-order chi connectivity index (χ0) is 25.2. The van der Waals surface area contributed by atoms with Crippen LogP contribution in [0.1, 0.15) is 12.5 Å². The van der Waals surface area contributed by atoms with Crippen LogP contribution in [0.2, 0.25) is 0 Å². The molecule has 0 spiro atoms. The van der Waals surface area contributed by atoms with Crippen LogP contribution in [0, 0.1) is 0 Å². The first-order valence-electron chi connectivity index (χ1n) is 11.2. The molecule has 35 heavy (non-hydrogen) atoms. The van der Waals surface area contributed by atoms with Crippen LogP contribution in [0.4, 0.5) is 11.4 Å². The fourth-order valence-corrected chi connectivity index (χ4v) is 4.59. The Balaban J connectivity index is 1.85. The van der Waals surface area contributed by atoms with Gasteiger partial charge in [0.05, 0.1) is 25.5 Å². The summed E-state index contributed by atoms with van der Waals surface area (Å²) >= 11 is 0. The summed E-state index contributed by atoms with van der Waals surface area (Å²) in [6.45, 7) is 1.75. The van der Waals surface area contributed by atoms with Gasteiger partial charge in [0.15, 0.2) is 5.78 Å². The molecule has 2 aromatic carbocycles. The highest BCUT2D eigenvalue weighted by atomic mass is 16.5. The van der Waals surface area contributed by atoms with E-state index in [9.17, 15) is 9.59 Å². The lowest BCUT2D eigenvalue weighted by molar-refractivity contribution is -0.125. The number of amides is 1. The Hall–Kier alpha value is -3.85. The third-order valence-electron chi connectivity index (χ3n) is 6.33. The fourth-order valence-electron chi connectivity index (χ4n) is 4.59. The lowest BCUT2D eigenvalue weighted by Gasteiger charge is -2.35. The topological polar surface area (TPSA) is 101 Å². The van der Waals surface area contributed by atoms with E-state index in [2.05, 4.69) is 15.6 Å². The molecule has 0 radical (unpaired) electrons. The highest BCUT2D eigenvalue weighted by molar-refractivity contribution is 6.38. The molecule has 9 nitrogen and oxygen atoms in total. The summed E-state index contributed by atoms with van der Waals surface area (Å²) < 4.78 is 15.9. The van der Waals surface area contributed by atoms with Crippen LogP contribution in [-0.2, 0) is 20.7 Å². The molecule has 1 amide bonds. The van der Waals surface area contributed by atoms with Crippen molar-refractivity contribution in [2.24, 2.45) is 4.99 Å². The second-order valence-electron chi connectivity index (χ2n) is 8.58. The van der Waals surface area contributed by atoms with Crippen LogP contribution >= 0.6 is 0 Å². The maximum absolute atomic E-state index is 14.1. The van der Waals surface area contributed by atoms with E-state index in [-0.39, 0.29) is 24.8 Å². The number of nitrogens with zero attached hydrogens (tertiary/aromatic N) is 2. The predicted molar refractivity (Wildman–Crippen MR) is 134 cm³/mol. The molecule has 2 aliphatic rings. The van der Waals surface area contributed by atoms with Gasteiger partial charge in [-0.2, -0.15) is 0 Å². The van der Waals surface area contributed by atoms with Crippen molar-refractivity contribution < 1.29 is 23.8 Å². The predicted octanol–water partition coefficient (Wildman–Crippen LogP) is 2.56. The Bertz CT molecular complexity index is 1170. The summed E-state index contributed by atoms with van der Waals surface area (Å²) in [6, 6.07) is 13.4. The van der Waals surface area contributed by atoms with Crippen molar-refractivity contribution in [3.63, 3.8) is 0 Å². The van der Waals surface area contributed by atoms with Gasteiger partial charge >= 0.3 is 0 Å². The Morgan fingerprint density at radius 3 is 2.43 bits per heavy atom. The number of carbonyl (C=O) groups excluding carboxylic acids is 2. The van der Waals surface area contributed by atoms with Crippen molar-refractivity contribution in [3.8, 4) is 11.5 Å². The lowest BCUT2D eigenvalue weighted by atomic mass is 9.93. The van der Waals surface area contributed by atoms with Crippen molar-refractivity contribution >= 4 is 28.9 Å². The molecule has 0 unspecified atom stereocenters. The molecule has 0 saturated carbocycles. The molecule has 184 valence electrons. The van der Waals surface area contributed by atoms with E-state index in [0.717, 1.165) is 16.9 Å². The van der Waals surface area contributed by atoms with Gasteiger partial charge in [-0.3, -0.25) is 14.6 Å². The van der Waals surface area contributed by atoms with Crippen molar-refractivity contribution in [2.45, 2.75) is 18.9 Å². The number of methoxy groups -OCH3 is 3. The third kappa shape index (κ3) is 4.35. The highest BCUT2D eigenvalue weighted by Gasteiger charge is 2.53. The van der Waals surface area contributed by atoms with Gasteiger partial charge in [0.25, 0.3) is 0 Å². The molecule has 2 aromatic rings. The van der Waals surface area contributed by atoms with E-state index in [1.807, 2.05) is 41.3 Å². The van der Waals surface area contributed by atoms with E-state index in [1.165, 1.54) is 7.11 Å². The molecular weight excluding hydrogens is 448 g/mol. The third-order valence-corrected chi connectivity index (χ3v) is 6.33. The molecule has 9 heteroatoms. The maximum atomic E-state index is 14.1. The number of rotatable bonds is 7. The minimum Gasteiger partial charge on any atom is -0.497 e. The second-order valence-corrected chi connectivity index (χ2v) is 8.58. The normalized spacial score (nSPS) is 22.3. The number of benzene rings is 2. The summed E-state index contributed by atoms with van der Waals surface area (Å²) in [5.41, 5.74) is 2.85. The summed E-state index contributed by atoms with van der Waals surface area (Å²) in [5, 5.41) is 6.25. The number of anilines is 2. The highest BCUT2D eigenvalue weighted by Crippen LogP contribution is 2.42. The number of fused-ring (bicyclic) bond motifs is 1. The number of allylic oxidation sites excluding steroid dienone is 1. The van der Waals surface area contributed by atoms with Gasteiger partial charge in [0.1, 0.15) is 29.5 Å². The number of hydrogen-bond donors (Lipinski definition) is 2. The monoisotopic (exact) mass is 478 g/mol. The van der Waals surface area contributed by atoms with Gasteiger partial charge in [0, 0.05) is 56.7 Å². The molecule has 0 aromatic heterocycles. The first-order chi connectivity index (χ1) is 16.9. The Labute approximate surface area is 204 Å². The quantitative estimate of drug-likeness (QED) is 0.590. The zero-order valence-electron chi connectivity index (χ0n) is 20.6. The van der Waals surface area contributed by atoms with Gasteiger partial charge < -0.3 is 29.7 Å². The van der Waals surface area contributed by atoms with E-state index in [4.69, 9.17) is 14.2 Å². The smallest absolute Gasteiger partial charge is 0.246 e. The van der Waals surface area contributed by atoms with E-state index >= 15 is 0 Å². The van der Waals surface area contributed by atoms with Gasteiger partial charge in [0.2, 0.25) is 5.91 Å². The van der Waals surface area contributed by atoms with Crippen LogP contribution in [-0.4, -0.2) is 64.6 Å². The number of nitrogens with one attached hydrogen (secondary N) is 2. The van der Waals surface area contributed by atoms with Crippen LogP contribution in [0.5, 0.6) is 11.5 Å². The molecule has 4 rings (SSSR count). The standard InChI is InChI=1S/C26H30N4O5/c1-26(15-28-22(31)14-33-3)24(32)23(21-10-16-8-6-7-9-20(16)29-21)25(27-2)30(26)17-11-18(34-4)13-19(12-17)35-5/h6-9,11-13,29H,10,14-15H2,1-5H3,(H,28,31)/t26-/m0/s1. The molecule has 2 heterocycles. The maximum Gasteiger partial charge on any atom is 0.246 e. The first-order valence-corrected chi connectivity index (χ1v) is 11.2. The van der Waals surface area contributed by atoms with Gasteiger partial charge in [-0.15, -0.1) is 0 Å². The number of aliphatic imine (C=N–C) groups is 1.